The molecular formula is C16H24SSi. The Kier molecular flexibility index (Phi) is 6.04. The highest BCUT2D eigenvalue weighted by molar-refractivity contribution is 8.00. The van der Waals surface area contributed by atoms with Gasteiger partial charge in [0.25, 0.3) is 0 Å². The summed E-state index contributed by atoms with van der Waals surface area (Å²) >= 11 is 1.91. The van der Waals surface area contributed by atoms with Crippen molar-refractivity contribution in [1.29, 1.82) is 0 Å². The van der Waals surface area contributed by atoms with Crippen LogP contribution in [0.15, 0.2) is 35.2 Å². The van der Waals surface area contributed by atoms with E-state index in [1.54, 1.807) is 0 Å². The van der Waals surface area contributed by atoms with E-state index in [0.29, 0.717) is 11.2 Å². The van der Waals surface area contributed by atoms with Crippen molar-refractivity contribution in [2.75, 3.05) is 0 Å². The normalized spacial score (nSPS) is 13.0. The molecule has 1 aromatic rings. The monoisotopic (exact) mass is 276 g/mol. The van der Waals surface area contributed by atoms with Gasteiger partial charge >= 0.3 is 0 Å². The third-order valence-corrected chi connectivity index (χ3v) is 4.35. The van der Waals surface area contributed by atoms with Crippen molar-refractivity contribution in [3.8, 4) is 11.5 Å². The van der Waals surface area contributed by atoms with E-state index in [1.807, 2.05) is 11.8 Å². The number of benzene rings is 1. The van der Waals surface area contributed by atoms with Gasteiger partial charge < -0.3 is 0 Å². The molecule has 0 saturated carbocycles. The first-order chi connectivity index (χ1) is 8.37. The zero-order valence-electron chi connectivity index (χ0n) is 12.2. The molecule has 0 saturated heterocycles. The molecule has 1 aromatic carbocycles. The topological polar surface area (TPSA) is 0 Å². The molecule has 98 valence electrons. The highest BCUT2D eigenvalue weighted by Crippen LogP contribution is 2.27. The molecule has 0 N–H and O–H groups in total. The van der Waals surface area contributed by atoms with Crippen molar-refractivity contribution in [3.05, 3.63) is 30.3 Å². The maximum absolute atomic E-state index is 3.52. The van der Waals surface area contributed by atoms with Gasteiger partial charge in [-0.25, -0.2) is 0 Å². The van der Waals surface area contributed by atoms with Crippen molar-refractivity contribution in [2.24, 2.45) is 5.92 Å². The van der Waals surface area contributed by atoms with Crippen LogP contribution in [-0.2, 0) is 0 Å². The van der Waals surface area contributed by atoms with Crippen LogP contribution in [0.3, 0.4) is 0 Å². The molecule has 0 amide bonds. The molecule has 1 atom stereocenters. The van der Waals surface area contributed by atoms with Crippen molar-refractivity contribution >= 4 is 19.8 Å². The predicted molar refractivity (Wildman–Crippen MR) is 86.7 cm³/mol. The molecule has 1 unspecified atom stereocenters. The maximum atomic E-state index is 3.52. The number of hydrogen-bond acceptors (Lipinski definition) is 1. The summed E-state index contributed by atoms with van der Waals surface area (Å²) < 4.78 is 0. The summed E-state index contributed by atoms with van der Waals surface area (Å²) in [4.78, 5) is 1.33. The first-order valence-electron chi connectivity index (χ1n) is 6.61. The lowest BCUT2D eigenvalue weighted by Gasteiger charge is -2.14. The largest absolute Gasteiger partial charge is 0.131 e. The van der Waals surface area contributed by atoms with Gasteiger partial charge in [0.2, 0.25) is 0 Å². The van der Waals surface area contributed by atoms with Crippen LogP contribution in [0.5, 0.6) is 0 Å². The standard InChI is InChI=1S/C16H24SSi/c1-14(2)13-16(11-12-18(3,4)5)17-15-9-7-6-8-10-15/h6-10,14,16H,13H2,1-5H3. The lowest BCUT2D eigenvalue weighted by molar-refractivity contribution is 0.606. The SMILES string of the molecule is CC(C)CC(C#C[Si](C)(C)C)Sc1ccccc1. The molecule has 0 aliphatic carbocycles. The minimum absolute atomic E-state index is 0.430. The Hall–Kier alpha value is -0.653. The minimum Gasteiger partial charge on any atom is -0.131 e. The molecule has 0 radical (unpaired) electrons. The van der Waals surface area contributed by atoms with Gasteiger partial charge in [0.05, 0.1) is 5.25 Å². The molecule has 0 fully saturated rings. The molecule has 1 rings (SSSR count). The van der Waals surface area contributed by atoms with E-state index in [0.717, 1.165) is 6.42 Å². The summed E-state index contributed by atoms with van der Waals surface area (Å²) in [5, 5.41) is 0.430. The van der Waals surface area contributed by atoms with Crippen LogP contribution in [0.2, 0.25) is 19.6 Å². The van der Waals surface area contributed by atoms with Crippen LogP contribution in [0, 0.1) is 17.4 Å². The Morgan fingerprint density at radius 2 is 1.72 bits per heavy atom. The molecule has 18 heavy (non-hydrogen) atoms. The molecular weight excluding hydrogens is 252 g/mol. The van der Waals surface area contributed by atoms with E-state index in [4.69, 9.17) is 0 Å². The number of hydrogen-bond donors (Lipinski definition) is 0. The molecule has 0 aliphatic heterocycles. The van der Waals surface area contributed by atoms with Crippen LogP contribution in [0.25, 0.3) is 0 Å². The second-order valence-corrected chi connectivity index (χ2v) is 12.1. The summed E-state index contributed by atoms with van der Waals surface area (Å²) in [6.07, 6.45) is 1.16. The van der Waals surface area contributed by atoms with E-state index in [9.17, 15) is 0 Å². The number of thioether (sulfide) groups is 1. The molecule has 0 bridgehead atoms. The molecule has 0 heterocycles. The Morgan fingerprint density at radius 1 is 1.11 bits per heavy atom. The van der Waals surface area contributed by atoms with Crippen LogP contribution in [0.4, 0.5) is 0 Å². The molecule has 2 heteroatoms. The minimum atomic E-state index is -1.26. The fourth-order valence-electron chi connectivity index (χ4n) is 1.52. The predicted octanol–water partition coefficient (Wildman–Crippen LogP) is 5.07. The molecule has 0 aliphatic rings. The third-order valence-electron chi connectivity index (χ3n) is 2.32. The molecule has 0 nitrogen and oxygen atoms in total. The second-order valence-electron chi connectivity index (χ2n) is 6.07. The van der Waals surface area contributed by atoms with Gasteiger partial charge in [0.15, 0.2) is 0 Å². The van der Waals surface area contributed by atoms with Crippen molar-refractivity contribution in [3.63, 3.8) is 0 Å². The fourth-order valence-corrected chi connectivity index (χ4v) is 3.48. The van der Waals surface area contributed by atoms with Crippen molar-refractivity contribution in [2.45, 2.75) is 50.1 Å². The van der Waals surface area contributed by atoms with Gasteiger partial charge in [0.1, 0.15) is 8.07 Å². The summed E-state index contributed by atoms with van der Waals surface area (Å²) in [7, 11) is -1.26. The van der Waals surface area contributed by atoms with E-state index in [-0.39, 0.29) is 0 Å². The Labute approximate surface area is 118 Å². The van der Waals surface area contributed by atoms with Crippen molar-refractivity contribution in [1.82, 2.24) is 0 Å². The number of rotatable bonds is 4. The van der Waals surface area contributed by atoms with E-state index in [1.165, 1.54) is 4.90 Å². The lowest BCUT2D eigenvalue weighted by atomic mass is 10.1. The summed E-state index contributed by atoms with van der Waals surface area (Å²) in [6.45, 7) is 11.5. The van der Waals surface area contributed by atoms with Gasteiger partial charge in [-0.05, 0) is 24.5 Å². The summed E-state index contributed by atoms with van der Waals surface area (Å²) in [5.74, 6) is 4.21. The van der Waals surface area contributed by atoms with Crippen LogP contribution < -0.4 is 0 Å². The fraction of sp³-hybridized carbons (Fsp3) is 0.500. The van der Waals surface area contributed by atoms with E-state index >= 15 is 0 Å². The highest BCUT2D eigenvalue weighted by atomic mass is 32.2. The Morgan fingerprint density at radius 3 is 2.22 bits per heavy atom. The zero-order chi connectivity index (χ0) is 13.6. The van der Waals surface area contributed by atoms with Crippen LogP contribution in [-0.4, -0.2) is 13.3 Å². The Bertz CT molecular complexity index is 406. The molecule has 0 aromatic heterocycles. The smallest absolute Gasteiger partial charge is 0.129 e. The van der Waals surface area contributed by atoms with Gasteiger partial charge in [-0.1, -0.05) is 57.6 Å². The average molecular weight is 277 g/mol. The third kappa shape index (κ3) is 6.93. The van der Waals surface area contributed by atoms with Gasteiger partial charge in [-0.2, -0.15) is 0 Å². The summed E-state index contributed by atoms with van der Waals surface area (Å²) in [6, 6.07) is 10.6. The first-order valence-corrected chi connectivity index (χ1v) is 11.0. The van der Waals surface area contributed by atoms with Gasteiger partial charge in [-0.15, -0.1) is 17.3 Å². The van der Waals surface area contributed by atoms with Crippen LogP contribution >= 0.6 is 11.8 Å². The van der Waals surface area contributed by atoms with Gasteiger partial charge in [0, 0.05) is 4.90 Å². The second kappa shape index (κ2) is 7.06. The zero-order valence-corrected chi connectivity index (χ0v) is 14.0. The summed E-state index contributed by atoms with van der Waals surface area (Å²) in [5.41, 5.74) is 3.52. The average Bonchev–Trinajstić information content (AvgIpc) is 2.25. The van der Waals surface area contributed by atoms with Gasteiger partial charge in [-0.3, -0.25) is 0 Å². The van der Waals surface area contributed by atoms with E-state index < -0.39 is 8.07 Å². The van der Waals surface area contributed by atoms with E-state index in [2.05, 4.69) is 75.3 Å². The quantitative estimate of drug-likeness (QED) is 0.420. The molecule has 0 spiro atoms. The maximum Gasteiger partial charge on any atom is 0.129 e. The Balaban J connectivity index is 2.75. The lowest BCUT2D eigenvalue weighted by Crippen LogP contribution is -2.17. The van der Waals surface area contributed by atoms with Crippen LogP contribution in [0.1, 0.15) is 20.3 Å². The van der Waals surface area contributed by atoms with Crippen molar-refractivity contribution < 1.29 is 0 Å². The highest BCUT2D eigenvalue weighted by Gasteiger charge is 2.12. The first kappa shape index (κ1) is 15.4.